The summed E-state index contributed by atoms with van der Waals surface area (Å²) in [5, 5.41) is -0.620. The Hall–Kier alpha value is -0.180. The molecule has 6 nitrogen and oxygen atoms in total. The Bertz CT molecular complexity index is 528. The van der Waals surface area contributed by atoms with Crippen LogP contribution < -0.4 is 5.73 Å². The van der Waals surface area contributed by atoms with E-state index in [4.69, 9.17) is 5.73 Å². The molecule has 18 heavy (non-hydrogen) atoms. The van der Waals surface area contributed by atoms with Gasteiger partial charge in [0, 0.05) is 25.0 Å². The maximum atomic E-state index is 12.1. The average molecular weight is 296 g/mol. The maximum Gasteiger partial charge on any atom is 0.213 e. The minimum atomic E-state index is -3.34. The van der Waals surface area contributed by atoms with Crippen LogP contribution in [0.4, 0.5) is 0 Å². The summed E-state index contributed by atoms with van der Waals surface area (Å²) in [7, 11) is -6.56. The molecule has 2 N–H and O–H groups in total. The van der Waals surface area contributed by atoms with Gasteiger partial charge in [-0.15, -0.1) is 0 Å². The first-order valence-electron chi connectivity index (χ1n) is 6.17. The highest BCUT2D eigenvalue weighted by Gasteiger charge is 2.55. The van der Waals surface area contributed by atoms with Crippen molar-refractivity contribution in [2.45, 2.75) is 25.0 Å². The highest BCUT2D eigenvalue weighted by molar-refractivity contribution is 7.92. The third-order valence-electron chi connectivity index (χ3n) is 4.25. The molecule has 0 aromatic heterocycles. The van der Waals surface area contributed by atoms with E-state index in [1.807, 2.05) is 0 Å². The van der Waals surface area contributed by atoms with E-state index in [1.165, 1.54) is 4.31 Å². The molecule has 2 unspecified atom stereocenters. The number of nitrogens with zero attached hydrogens (tertiary/aromatic N) is 1. The second-order valence-corrected chi connectivity index (χ2v) is 9.78. The third-order valence-corrected chi connectivity index (χ3v) is 8.41. The number of sulfone groups is 1. The van der Waals surface area contributed by atoms with Crippen molar-refractivity contribution >= 4 is 19.9 Å². The van der Waals surface area contributed by atoms with Gasteiger partial charge in [0.15, 0.2) is 9.84 Å². The Kier molecular flexibility index (Phi) is 3.50. The van der Waals surface area contributed by atoms with Crippen molar-refractivity contribution in [1.82, 2.24) is 4.31 Å². The van der Waals surface area contributed by atoms with Crippen molar-refractivity contribution in [2.75, 3.05) is 31.1 Å². The molecule has 0 aliphatic carbocycles. The van der Waals surface area contributed by atoms with E-state index in [0.717, 1.165) is 0 Å². The van der Waals surface area contributed by atoms with Crippen molar-refractivity contribution in [1.29, 1.82) is 0 Å². The van der Waals surface area contributed by atoms with E-state index in [9.17, 15) is 16.8 Å². The molecule has 2 rings (SSSR count). The van der Waals surface area contributed by atoms with Gasteiger partial charge >= 0.3 is 0 Å². The molecule has 0 spiro atoms. The lowest BCUT2D eigenvalue weighted by Gasteiger charge is -2.36. The van der Waals surface area contributed by atoms with Crippen LogP contribution in [0.5, 0.6) is 0 Å². The van der Waals surface area contributed by atoms with Crippen LogP contribution >= 0.6 is 0 Å². The zero-order valence-electron chi connectivity index (χ0n) is 10.5. The predicted octanol–water partition coefficient (Wildman–Crippen LogP) is -0.826. The summed E-state index contributed by atoms with van der Waals surface area (Å²) in [6.45, 7) is 2.13. The minimum absolute atomic E-state index is 0.000416. The van der Waals surface area contributed by atoms with E-state index in [1.54, 1.807) is 6.92 Å². The molecule has 2 aliphatic rings. The van der Waals surface area contributed by atoms with Crippen LogP contribution in [0.15, 0.2) is 0 Å². The Balaban J connectivity index is 2.39. The molecule has 0 saturated carbocycles. The molecule has 0 amide bonds. The van der Waals surface area contributed by atoms with Gasteiger partial charge in [-0.05, 0) is 19.8 Å². The SMILES string of the molecule is CCS(=O)(=O)N1CC2C(CN)(CCCS2(=O)=O)C1. The molecule has 2 atom stereocenters. The van der Waals surface area contributed by atoms with Crippen molar-refractivity contribution in [2.24, 2.45) is 11.1 Å². The van der Waals surface area contributed by atoms with Gasteiger partial charge in [0.05, 0.1) is 16.8 Å². The van der Waals surface area contributed by atoms with Crippen LogP contribution in [0.1, 0.15) is 19.8 Å². The van der Waals surface area contributed by atoms with Gasteiger partial charge in [-0.25, -0.2) is 16.8 Å². The van der Waals surface area contributed by atoms with E-state index in [0.29, 0.717) is 12.8 Å². The third kappa shape index (κ3) is 2.09. The highest BCUT2D eigenvalue weighted by atomic mass is 32.2. The lowest BCUT2D eigenvalue weighted by molar-refractivity contribution is 0.277. The summed E-state index contributed by atoms with van der Waals surface area (Å²) in [6.07, 6.45) is 1.28. The number of fused-ring (bicyclic) bond motifs is 1. The largest absolute Gasteiger partial charge is 0.330 e. The van der Waals surface area contributed by atoms with E-state index < -0.39 is 30.5 Å². The van der Waals surface area contributed by atoms with Crippen LogP contribution in [0, 0.1) is 5.41 Å². The van der Waals surface area contributed by atoms with Gasteiger partial charge < -0.3 is 5.73 Å². The molecular weight excluding hydrogens is 276 g/mol. The molecule has 0 aromatic carbocycles. The summed E-state index contributed by atoms with van der Waals surface area (Å²) >= 11 is 0. The topological polar surface area (TPSA) is 97.5 Å². The summed E-state index contributed by atoms with van der Waals surface area (Å²) in [5.74, 6) is 0.153. The van der Waals surface area contributed by atoms with Crippen molar-refractivity contribution < 1.29 is 16.8 Å². The first-order valence-corrected chi connectivity index (χ1v) is 9.49. The zero-order valence-corrected chi connectivity index (χ0v) is 12.1. The molecular formula is C10H20N2O4S2. The average Bonchev–Trinajstić information content (AvgIpc) is 2.71. The Morgan fingerprint density at radius 3 is 2.61 bits per heavy atom. The molecule has 0 bridgehead atoms. The van der Waals surface area contributed by atoms with Gasteiger partial charge in [-0.2, -0.15) is 4.31 Å². The van der Waals surface area contributed by atoms with E-state index >= 15 is 0 Å². The van der Waals surface area contributed by atoms with Gasteiger partial charge in [0.2, 0.25) is 10.0 Å². The van der Waals surface area contributed by atoms with Crippen LogP contribution in [0.25, 0.3) is 0 Å². The Labute approximate surface area is 108 Å². The van der Waals surface area contributed by atoms with Crippen molar-refractivity contribution in [3.8, 4) is 0 Å². The van der Waals surface area contributed by atoms with Gasteiger partial charge in [-0.3, -0.25) is 0 Å². The number of sulfonamides is 1. The number of hydrogen-bond acceptors (Lipinski definition) is 5. The summed E-state index contributed by atoms with van der Waals surface area (Å²) in [6, 6.07) is 0. The lowest BCUT2D eigenvalue weighted by atomic mass is 9.82. The fraction of sp³-hybridized carbons (Fsp3) is 1.00. The van der Waals surface area contributed by atoms with Crippen LogP contribution in [0.3, 0.4) is 0 Å². The first kappa shape index (κ1) is 14.2. The number of hydrogen-bond donors (Lipinski definition) is 1. The van der Waals surface area contributed by atoms with Crippen molar-refractivity contribution in [3.05, 3.63) is 0 Å². The zero-order chi connectivity index (χ0) is 13.6. The quantitative estimate of drug-likeness (QED) is 0.733. The minimum Gasteiger partial charge on any atom is -0.330 e. The fourth-order valence-electron chi connectivity index (χ4n) is 3.09. The monoisotopic (exact) mass is 296 g/mol. The standard InChI is InChI=1S/C10H20N2O4S2/c1-2-18(15,16)12-6-9-10(7-11,8-12)4-3-5-17(9,13)14/h9H,2-8,11H2,1H3. The number of rotatable bonds is 3. The normalized spacial score (nSPS) is 36.4. The molecule has 2 heterocycles. The van der Waals surface area contributed by atoms with E-state index in [2.05, 4.69) is 0 Å². The molecule has 106 valence electrons. The molecule has 0 aromatic rings. The second-order valence-electron chi connectivity index (χ2n) is 5.22. The fourth-order valence-corrected chi connectivity index (χ4v) is 6.67. The van der Waals surface area contributed by atoms with Gasteiger partial charge in [-0.1, -0.05) is 0 Å². The Morgan fingerprint density at radius 1 is 1.44 bits per heavy atom. The van der Waals surface area contributed by atoms with Crippen LogP contribution in [-0.4, -0.2) is 57.5 Å². The summed E-state index contributed by atoms with van der Waals surface area (Å²) in [4.78, 5) is 0. The maximum absolute atomic E-state index is 12.1. The van der Waals surface area contributed by atoms with Crippen LogP contribution in [0.2, 0.25) is 0 Å². The lowest BCUT2D eigenvalue weighted by Crippen LogP contribution is -2.49. The molecule has 8 heteroatoms. The van der Waals surface area contributed by atoms with Gasteiger partial charge in [0.1, 0.15) is 0 Å². The smallest absolute Gasteiger partial charge is 0.213 e. The molecule has 2 aliphatic heterocycles. The predicted molar refractivity (Wildman–Crippen MR) is 69.3 cm³/mol. The van der Waals surface area contributed by atoms with Gasteiger partial charge in [0.25, 0.3) is 0 Å². The molecule has 2 saturated heterocycles. The van der Waals surface area contributed by atoms with Crippen LogP contribution in [-0.2, 0) is 19.9 Å². The summed E-state index contributed by atoms with van der Waals surface area (Å²) < 4.78 is 49.3. The molecule has 2 fully saturated rings. The number of nitrogens with two attached hydrogens (primary N) is 1. The highest BCUT2D eigenvalue weighted by Crippen LogP contribution is 2.43. The first-order chi connectivity index (χ1) is 8.27. The van der Waals surface area contributed by atoms with Crippen molar-refractivity contribution in [3.63, 3.8) is 0 Å². The summed E-state index contributed by atoms with van der Waals surface area (Å²) in [5.41, 5.74) is 5.19. The second kappa shape index (κ2) is 4.43. The molecule has 0 radical (unpaired) electrons. The van der Waals surface area contributed by atoms with E-state index in [-0.39, 0.29) is 31.1 Å². The Morgan fingerprint density at radius 2 is 2.11 bits per heavy atom.